The van der Waals surface area contributed by atoms with Gasteiger partial charge in [-0.25, -0.2) is 0 Å². The van der Waals surface area contributed by atoms with Crippen LogP contribution in [0.5, 0.6) is 23.0 Å². The van der Waals surface area contributed by atoms with Crippen LogP contribution in [0.4, 0.5) is 11.4 Å². The van der Waals surface area contributed by atoms with Gasteiger partial charge in [0.25, 0.3) is 0 Å². The number of ketones is 2. The van der Waals surface area contributed by atoms with E-state index in [-0.39, 0.29) is 23.7 Å². The van der Waals surface area contributed by atoms with Crippen molar-refractivity contribution in [2.24, 2.45) is 9.98 Å². The smallest absolute Gasteiger partial charge is 0.179 e. The summed E-state index contributed by atoms with van der Waals surface area (Å²) in [6.45, 7) is 3.33. The molecular weight excluding hydrogens is 548 g/mol. The van der Waals surface area contributed by atoms with Crippen LogP contribution in [-0.2, 0) is 0 Å². The molecule has 2 atom stereocenters. The first kappa shape index (κ1) is 29.3. The average Bonchev–Trinajstić information content (AvgIpc) is 3.02. The van der Waals surface area contributed by atoms with Crippen molar-refractivity contribution >= 4 is 35.4 Å². The van der Waals surface area contributed by atoms with Crippen LogP contribution in [0.1, 0.15) is 65.7 Å². The molecule has 10 heteroatoms. The van der Waals surface area contributed by atoms with Gasteiger partial charge in [-0.15, -0.1) is 0 Å². The second-order valence-electron chi connectivity index (χ2n) is 11.6. The number of piperidine rings is 2. The summed E-state index contributed by atoms with van der Waals surface area (Å²) in [5.74, 6) is 2.17. The molecule has 2 fully saturated rings. The lowest BCUT2D eigenvalue weighted by atomic mass is 9.99. The first-order valence-electron chi connectivity index (χ1n) is 15.4. The molecule has 43 heavy (non-hydrogen) atoms. The number of hydrogen-bond donors (Lipinski definition) is 0. The molecule has 0 aromatic heterocycles. The lowest BCUT2D eigenvalue weighted by Gasteiger charge is -2.33. The molecule has 6 rings (SSSR count). The molecule has 0 radical (unpaired) electrons. The van der Waals surface area contributed by atoms with Gasteiger partial charge in [0.05, 0.1) is 51.9 Å². The number of carbonyl (C=O) groups excluding carboxylic acids is 2. The number of Topliss-reactive ketones (excluding diaryl/α,β-unsaturated/α-hetero) is 2. The van der Waals surface area contributed by atoms with E-state index >= 15 is 0 Å². The molecule has 0 unspecified atom stereocenters. The number of carbonyl (C=O) groups is 2. The van der Waals surface area contributed by atoms with E-state index in [4.69, 9.17) is 28.9 Å². The summed E-state index contributed by atoms with van der Waals surface area (Å²) in [5.41, 5.74) is 2.32. The number of ether oxygens (including phenoxy) is 4. The normalized spacial score (nSPS) is 23.7. The van der Waals surface area contributed by atoms with Gasteiger partial charge in [0.2, 0.25) is 0 Å². The molecule has 0 bridgehead atoms. The Morgan fingerprint density at radius 1 is 0.674 bits per heavy atom. The molecule has 0 saturated carbocycles. The zero-order chi connectivity index (χ0) is 29.8. The fourth-order valence-corrected chi connectivity index (χ4v) is 6.36. The molecule has 0 spiro atoms. The van der Waals surface area contributed by atoms with Gasteiger partial charge in [-0.05, 0) is 50.9 Å². The SMILES string of the molecule is COc1cc2c(cc1OCCCOc1cc3c(cc1OC)C(=O)CN1CCCC[C@H]1/C=N\3)/N=C\[C@@H]1CCCCN1CC2=O. The van der Waals surface area contributed by atoms with Crippen molar-refractivity contribution in [1.82, 2.24) is 9.80 Å². The Morgan fingerprint density at radius 2 is 1.14 bits per heavy atom. The third-order valence-corrected chi connectivity index (χ3v) is 8.76. The second kappa shape index (κ2) is 13.3. The minimum atomic E-state index is 0.0458. The van der Waals surface area contributed by atoms with Gasteiger partial charge in [0, 0.05) is 54.2 Å². The Hall–Kier alpha value is -3.76. The summed E-state index contributed by atoms with van der Waals surface area (Å²) >= 11 is 0. The van der Waals surface area contributed by atoms with Gasteiger partial charge >= 0.3 is 0 Å². The predicted molar refractivity (Wildman–Crippen MR) is 165 cm³/mol. The maximum absolute atomic E-state index is 13.1. The largest absolute Gasteiger partial charge is 0.493 e. The van der Waals surface area contributed by atoms with Crippen molar-refractivity contribution in [3.63, 3.8) is 0 Å². The molecule has 2 saturated heterocycles. The van der Waals surface area contributed by atoms with E-state index in [1.54, 1.807) is 38.5 Å². The standard InChI is InChI=1S/C33H40N4O6/c1-40-30-14-24-26(34-18-22-8-3-5-10-36(22)20-28(24)38)16-32(30)42-12-7-13-43-33-17-27-25(15-31(33)41-2)29(39)21-37-11-6-4-9-23(37)19-35-27/h14-19,22-23H,3-13,20-21H2,1-2H3/b34-18-,35-19-/t22-,23-/m0/s1. The van der Waals surface area contributed by atoms with Crippen LogP contribution in [0, 0.1) is 0 Å². The molecule has 0 N–H and O–H groups in total. The molecule has 10 nitrogen and oxygen atoms in total. The van der Waals surface area contributed by atoms with Crippen molar-refractivity contribution in [3.05, 3.63) is 35.4 Å². The third-order valence-electron chi connectivity index (χ3n) is 8.76. The lowest BCUT2D eigenvalue weighted by molar-refractivity contribution is 0.0885. The molecule has 0 aliphatic carbocycles. The van der Waals surface area contributed by atoms with Gasteiger partial charge in [0.1, 0.15) is 0 Å². The van der Waals surface area contributed by atoms with Gasteiger partial charge in [-0.2, -0.15) is 0 Å². The number of aliphatic imine (C=N–C) groups is 2. The number of nitrogens with zero attached hydrogens (tertiary/aromatic N) is 4. The highest BCUT2D eigenvalue weighted by atomic mass is 16.5. The molecular formula is C33H40N4O6. The Kier molecular flexibility index (Phi) is 9.04. The van der Waals surface area contributed by atoms with E-state index in [0.29, 0.717) is 78.2 Å². The maximum Gasteiger partial charge on any atom is 0.179 e. The molecule has 228 valence electrons. The highest BCUT2D eigenvalue weighted by Crippen LogP contribution is 2.38. The number of fused-ring (bicyclic) bond motifs is 4. The second-order valence-corrected chi connectivity index (χ2v) is 11.6. The van der Waals surface area contributed by atoms with Gasteiger partial charge < -0.3 is 18.9 Å². The zero-order valence-electron chi connectivity index (χ0n) is 25.0. The molecule has 2 aromatic rings. The van der Waals surface area contributed by atoms with E-state index in [2.05, 4.69) is 9.80 Å². The van der Waals surface area contributed by atoms with Crippen LogP contribution in [0.2, 0.25) is 0 Å². The third kappa shape index (κ3) is 6.45. The number of benzene rings is 2. The van der Waals surface area contributed by atoms with Crippen LogP contribution >= 0.6 is 0 Å². The van der Waals surface area contributed by atoms with Crippen LogP contribution in [0.3, 0.4) is 0 Å². The van der Waals surface area contributed by atoms with Crippen molar-refractivity contribution < 1.29 is 28.5 Å². The Labute approximate surface area is 252 Å². The van der Waals surface area contributed by atoms with Crippen LogP contribution in [-0.4, -0.2) is 99.5 Å². The molecule has 4 heterocycles. The summed E-state index contributed by atoms with van der Waals surface area (Å²) < 4.78 is 23.3. The lowest BCUT2D eigenvalue weighted by Crippen LogP contribution is -2.44. The summed E-state index contributed by atoms with van der Waals surface area (Å²) in [6.07, 6.45) is 11.1. The Bertz CT molecular complexity index is 1320. The van der Waals surface area contributed by atoms with Crippen molar-refractivity contribution in [3.8, 4) is 23.0 Å². The Balaban J connectivity index is 1.11. The van der Waals surface area contributed by atoms with E-state index in [1.165, 1.54) is 0 Å². The van der Waals surface area contributed by atoms with Crippen LogP contribution < -0.4 is 18.9 Å². The van der Waals surface area contributed by atoms with E-state index < -0.39 is 0 Å². The number of rotatable bonds is 8. The molecule has 2 aromatic carbocycles. The number of hydrogen-bond acceptors (Lipinski definition) is 10. The minimum Gasteiger partial charge on any atom is -0.493 e. The van der Waals surface area contributed by atoms with Crippen LogP contribution in [0.25, 0.3) is 0 Å². The fraction of sp³-hybridized carbons (Fsp3) is 0.515. The van der Waals surface area contributed by atoms with Crippen LogP contribution in [0.15, 0.2) is 34.3 Å². The number of methoxy groups -OCH3 is 2. The quantitative estimate of drug-likeness (QED) is 0.395. The monoisotopic (exact) mass is 588 g/mol. The minimum absolute atomic E-state index is 0.0458. The van der Waals surface area contributed by atoms with Crippen molar-refractivity contribution in [2.75, 3.05) is 53.6 Å². The van der Waals surface area contributed by atoms with Gasteiger partial charge in [-0.3, -0.25) is 29.4 Å². The summed E-state index contributed by atoms with van der Waals surface area (Å²) in [7, 11) is 3.14. The summed E-state index contributed by atoms with van der Waals surface area (Å²) in [6, 6.07) is 7.44. The van der Waals surface area contributed by atoms with Gasteiger partial charge in [-0.1, -0.05) is 12.8 Å². The predicted octanol–water partition coefficient (Wildman–Crippen LogP) is 5.06. The van der Waals surface area contributed by atoms with Gasteiger partial charge in [0.15, 0.2) is 34.6 Å². The highest BCUT2D eigenvalue weighted by molar-refractivity contribution is 6.04. The summed E-state index contributed by atoms with van der Waals surface area (Å²) in [4.78, 5) is 40.1. The van der Waals surface area contributed by atoms with Crippen molar-refractivity contribution in [1.29, 1.82) is 0 Å². The molecule has 4 aliphatic rings. The Morgan fingerprint density at radius 3 is 1.58 bits per heavy atom. The van der Waals surface area contributed by atoms with E-state index in [0.717, 1.165) is 51.6 Å². The topological polar surface area (TPSA) is 102 Å². The molecule has 4 aliphatic heterocycles. The fourth-order valence-electron chi connectivity index (χ4n) is 6.36. The van der Waals surface area contributed by atoms with E-state index in [9.17, 15) is 9.59 Å². The van der Waals surface area contributed by atoms with E-state index in [1.807, 2.05) is 12.4 Å². The zero-order valence-corrected chi connectivity index (χ0v) is 25.0. The molecule has 0 amide bonds. The van der Waals surface area contributed by atoms with Crippen molar-refractivity contribution in [2.45, 2.75) is 57.0 Å². The first-order chi connectivity index (χ1) is 21.0. The summed E-state index contributed by atoms with van der Waals surface area (Å²) in [5, 5.41) is 0. The highest BCUT2D eigenvalue weighted by Gasteiger charge is 2.29. The maximum atomic E-state index is 13.1. The first-order valence-corrected chi connectivity index (χ1v) is 15.4. The average molecular weight is 589 g/mol.